The van der Waals surface area contributed by atoms with Crippen LogP contribution in [0.15, 0.2) is 79.4 Å². The molecule has 3 aromatic carbocycles. The maximum absolute atomic E-state index is 13.3. The van der Waals surface area contributed by atoms with E-state index in [9.17, 15) is 14.4 Å². The Balaban J connectivity index is 1.34. The monoisotopic (exact) mass is 495 g/mol. The standard InChI is InChI=1S/C28H25N5O4/c1-4-37-23-12-10-22(11-13-23)33-27(35)24-14-7-20(15-25(24)28(33)36)26(34)31(3)18(2)19-5-8-21(9-6-19)32-17-29-16-30-32/h5-18H,4H2,1-3H3. The number of nitrogens with zero attached hydrogens (tertiary/aromatic N) is 5. The summed E-state index contributed by atoms with van der Waals surface area (Å²) < 4.78 is 7.10. The Kier molecular flexibility index (Phi) is 6.27. The molecule has 1 aromatic heterocycles. The molecule has 0 fully saturated rings. The molecule has 0 radical (unpaired) electrons. The number of imide groups is 1. The Morgan fingerprint density at radius 1 is 0.946 bits per heavy atom. The summed E-state index contributed by atoms with van der Waals surface area (Å²) >= 11 is 0. The highest BCUT2D eigenvalue weighted by Crippen LogP contribution is 2.31. The molecule has 9 nitrogen and oxygen atoms in total. The first-order valence-corrected chi connectivity index (χ1v) is 11.9. The van der Waals surface area contributed by atoms with Crippen LogP contribution in [0.4, 0.5) is 5.69 Å². The zero-order valence-electron chi connectivity index (χ0n) is 20.7. The molecule has 0 N–H and O–H groups in total. The predicted molar refractivity (Wildman–Crippen MR) is 137 cm³/mol. The molecule has 9 heteroatoms. The van der Waals surface area contributed by atoms with E-state index in [1.54, 1.807) is 59.4 Å². The van der Waals surface area contributed by atoms with Crippen LogP contribution in [0, 0.1) is 0 Å². The average Bonchev–Trinajstić information content (AvgIpc) is 3.55. The van der Waals surface area contributed by atoms with Gasteiger partial charge in [-0.05, 0) is 74.0 Å². The van der Waals surface area contributed by atoms with E-state index in [2.05, 4.69) is 10.1 Å². The molecule has 1 unspecified atom stereocenters. The summed E-state index contributed by atoms with van der Waals surface area (Å²) in [4.78, 5) is 46.2. The first-order chi connectivity index (χ1) is 17.9. The van der Waals surface area contributed by atoms with Gasteiger partial charge in [-0.3, -0.25) is 14.4 Å². The van der Waals surface area contributed by atoms with Gasteiger partial charge in [0, 0.05) is 12.6 Å². The highest BCUT2D eigenvalue weighted by molar-refractivity contribution is 6.34. The van der Waals surface area contributed by atoms with E-state index in [-0.39, 0.29) is 23.1 Å². The minimum atomic E-state index is -0.460. The average molecular weight is 496 g/mol. The lowest BCUT2D eigenvalue weighted by molar-refractivity contribution is 0.0742. The Morgan fingerprint density at radius 3 is 2.27 bits per heavy atom. The Bertz CT molecular complexity index is 1460. The van der Waals surface area contributed by atoms with Crippen LogP contribution in [0.3, 0.4) is 0 Å². The van der Waals surface area contributed by atoms with Gasteiger partial charge >= 0.3 is 0 Å². The molecule has 1 atom stereocenters. The molecule has 1 aliphatic rings. The number of benzene rings is 3. The summed E-state index contributed by atoms with van der Waals surface area (Å²) in [5.74, 6) is -0.480. The molecule has 3 amide bonds. The van der Waals surface area contributed by atoms with Crippen LogP contribution < -0.4 is 9.64 Å². The largest absolute Gasteiger partial charge is 0.494 e. The van der Waals surface area contributed by atoms with Gasteiger partial charge < -0.3 is 9.64 Å². The Labute approximate surface area is 213 Å². The predicted octanol–water partition coefficient (Wildman–Crippen LogP) is 4.30. The molecule has 0 saturated heterocycles. The third kappa shape index (κ3) is 4.35. The second kappa shape index (κ2) is 9.69. The zero-order chi connectivity index (χ0) is 26.1. The van der Waals surface area contributed by atoms with Crippen molar-refractivity contribution in [3.63, 3.8) is 0 Å². The Morgan fingerprint density at radius 2 is 1.62 bits per heavy atom. The lowest BCUT2D eigenvalue weighted by Crippen LogP contribution is -2.30. The number of carbonyl (C=O) groups excluding carboxylic acids is 3. The SMILES string of the molecule is CCOc1ccc(N2C(=O)c3ccc(C(=O)N(C)C(C)c4ccc(-n5cncn5)cc4)cc3C2=O)cc1. The molecule has 186 valence electrons. The van der Waals surface area contributed by atoms with Gasteiger partial charge in [0.1, 0.15) is 18.4 Å². The van der Waals surface area contributed by atoms with Crippen molar-refractivity contribution in [2.75, 3.05) is 18.6 Å². The van der Waals surface area contributed by atoms with Gasteiger partial charge in [0.15, 0.2) is 0 Å². The molecular formula is C28H25N5O4. The minimum Gasteiger partial charge on any atom is -0.494 e. The lowest BCUT2D eigenvalue weighted by atomic mass is 10.0. The van der Waals surface area contributed by atoms with Crippen molar-refractivity contribution in [3.05, 3.63) is 102 Å². The lowest BCUT2D eigenvalue weighted by Gasteiger charge is -2.25. The summed E-state index contributed by atoms with van der Waals surface area (Å²) in [6.45, 7) is 4.33. The van der Waals surface area contributed by atoms with E-state index in [1.165, 1.54) is 12.4 Å². The number of fused-ring (bicyclic) bond motifs is 1. The molecule has 4 aromatic rings. The number of carbonyl (C=O) groups is 3. The molecule has 0 saturated carbocycles. The number of amides is 3. The van der Waals surface area contributed by atoms with Gasteiger partial charge in [-0.2, -0.15) is 5.10 Å². The second-order valence-electron chi connectivity index (χ2n) is 8.66. The maximum atomic E-state index is 13.3. The van der Waals surface area contributed by atoms with Crippen LogP contribution in [-0.4, -0.2) is 51.0 Å². The van der Waals surface area contributed by atoms with Crippen molar-refractivity contribution in [1.82, 2.24) is 19.7 Å². The summed E-state index contributed by atoms with van der Waals surface area (Å²) in [5, 5.41) is 4.12. The van der Waals surface area contributed by atoms with Crippen molar-refractivity contribution in [3.8, 4) is 11.4 Å². The fourth-order valence-corrected chi connectivity index (χ4v) is 4.32. The zero-order valence-corrected chi connectivity index (χ0v) is 20.7. The molecule has 0 spiro atoms. The number of rotatable bonds is 7. The maximum Gasteiger partial charge on any atom is 0.266 e. The number of hydrogen-bond donors (Lipinski definition) is 0. The summed E-state index contributed by atoms with van der Waals surface area (Å²) in [6.07, 6.45) is 3.08. The smallest absolute Gasteiger partial charge is 0.266 e. The summed E-state index contributed by atoms with van der Waals surface area (Å²) in [6, 6.07) is 18.9. The van der Waals surface area contributed by atoms with Crippen LogP contribution >= 0.6 is 0 Å². The molecule has 2 heterocycles. The minimum absolute atomic E-state index is 0.211. The summed E-state index contributed by atoms with van der Waals surface area (Å²) in [5.41, 5.74) is 3.07. The topological polar surface area (TPSA) is 97.6 Å². The van der Waals surface area contributed by atoms with Crippen molar-refractivity contribution < 1.29 is 19.1 Å². The van der Waals surface area contributed by atoms with E-state index < -0.39 is 11.8 Å². The van der Waals surface area contributed by atoms with Crippen molar-refractivity contribution >= 4 is 23.4 Å². The summed E-state index contributed by atoms with van der Waals surface area (Å²) in [7, 11) is 1.71. The van der Waals surface area contributed by atoms with Crippen LogP contribution in [0.5, 0.6) is 5.75 Å². The van der Waals surface area contributed by atoms with Gasteiger partial charge in [0.05, 0.1) is 35.2 Å². The highest BCUT2D eigenvalue weighted by Gasteiger charge is 2.37. The van der Waals surface area contributed by atoms with Gasteiger partial charge in [-0.15, -0.1) is 0 Å². The molecule has 37 heavy (non-hydrogen) atoms. The van der Waals surface area contributed by atoms with E-state index in [0.717, 1.165) is 16.2 Å². The normalized spacial score (nSPS) is 13.4. The van der Waals surface area contributed by atoms with Crippen molar-refractivity contribution in [2.24, 2.45) is 0 Å². The number of aromatic nitrogens is 3. The van der Waals surface area contributed by atoms with E-state index in [4.69, 9.17) is 4.74 Å². The highest BCUT2D eigenvalue weighted by atomic mass is 16.5. The molecule has 5 rings (SSSR count). The fourth-order valence-electron chi connectivity index (χ4n) is 4.32. The van der Waals surface area contributed by atoms with Gasteiger partial charge in [0.25, 0.3) is 17.7 Å². The third-order valence-electron chi connectivity index (χ3n) is 6.50. The van der Waals surface area contributed by atoms with E-state index in [1.807, 2.05) is 38.1 Å². The second-order valence-corrected chi connectivity index (χ2v) is 8.66. The van der Waals surface area contributed by atoms with Gasteiger partial charge in [0.2, 0.25) is 0 Å². The molecule has 0 bridgehead atoms. The fraction of sp³-hybridized carbons (Fsp3) is 0.179. The van der Waals surface area contributed by atoms with Gasteiger partial charge in [-0.25, -0.2) is 14.6 Å². The first-order valence-electron chi connectivity index (χ1n) is 11.9. The number of anilines is 1. The van der Waals surface area contributed by atoms with E-state index >= 15 is 0 Å². The Hall–Kier alpha value is -4.79. The van der Waals surface area contributed by atoms with Crippen molar-refractivity contribution in [2.45, 2.75) is 19.9 Å². The quantitative estimate of drug-likeness (QED) is 0.355. The molecule has 0 aliphatic carbocycles. The third-order valence-corrected chi connectivity index (χ3v) is 6.50. The number of hydrogen-bond acceptors (Lipinski definition) is 6. The van der Waals surface area contributed by atoms with Gasteiger partial charge in [-0.1, -0.05) is 12.1 Å². The van der Waals surface area contributed by atoms with Crippen LogP contribution in [-0.2, 0) is 0 Å². The number of ether oxygens (including phenoxy) is 1. The van der Waals surface area contributed by atoms with Crippen molar-refractivity contribution in [1.29, 1.82) is 0 Å². The molecule has 1 aliphatic heterocycles. The molecular weight excluding hydrogens is 470 g/mol. The van der Waals surface area contributed by atoms with Crippen LogP contribution in [0.1, 0.15) is 56.5 Å². The van der Waals surface area contributed by atoms with E-state index in [0.29, 0.717) is 23.6 Å². The first kappa shape index (κ1) is 23.9. The van der Waals surface area contributed by atoms with Crippen LogP contribution in [0.25, 0.3) is 5.69 Å². The van der Waals surface area contributed by atoms with Crippen LogP contribution in [0.2, 0.25) is 0 Å².